The predicted molar refractivity (Wildman–Crippen MR) is 64.6 cm³/mol. The van der Waals surface area contributed by atoms with E-state index in [1.807, 2.05) is 0 Å². The molecule has 98 valence electrons. The zero-order valence-corrected chi connectivity index (χ0v) is 10.7. The minimum absolute atomic E-state index is 0.0494. The molecule has 0 aromatic carbocycles. The van der Waals surface area contributed by atoms with Crippen LogP contribution in [0.2, 0.25) is 0 Å². The van der Waals surface area contributed by atoms with Crippen LogP contribution in [0.15, 0.2) is 4.99 Å². The van der Waals surface area contributed by atoms with Crippen molar-refractivity contribution >= 4 is 22.9 Å². The summed E-state index contributed by atoms with van der Waals surface area (Å²) in [6, 6.07) is 0. The summed E-state index contributed by atoms with van der Waals surface area (Å²) in [5.41, 5.74) is -1.19. The molecule has 7 heteroatoms. The van der Waals surface area contributed by atoms with Gasteiger partial charge in [0, 0.05) is 26.3 Å². The molecular weight excluding hydrogens is 259 g/mol. The number of carbonyl (C=O) groups excluding carboxylic acids is 1. The molecule has 0 aromatic rings. The molecule has 0 aliphatic carbocycles. The SMILES string of the molecule is CC(=O)OCC12[C][C]COC1SC(NCCF)=N2. The molecule has 0 spiro atoms. The number of halogens is 1. The highest BCUT2D eigenvalue weighted by atomic mass is 32.2. The highest BCUT2D eigenvalue weighted by Crippen LogP contribution is 2.41. The van der Waals surface area contributed by atoms with E-state index < -0.39 is 12.2 Å². The molecule has 0 saturated carbocycles. The molecule has 1 fully saturated rings. The standard InChI is InChI=1S/C11H13FN2O3S/c1-8(15)17-7-11-3-2-6-16-9(11)18-10(14-11)13-5-4-12/h9H,4-7H2,1H3,(H,13,14). The minimum Gasteiger partial charge on any atom is -0.463 e. The van der Waals surface area contributed by atoms with E-state index in [1.54, 1.807) is 0 Å². The Labute approximate surface area is 109 Å². The normalized spacial score (nSPS) is 30.6. The fourth-order valence-corrected chi connectivity index (χ4v) is 2.72. The van der Waals surface area contributed by atoms with E-state index in [2.05, 4.69) is 23.2 Å². The third-order valence-corrected chi connectivity index (χ3v) is 3.59. The lowest BCUT2D eigenvalue weighted by molar-refractivity contribution is -0.143. The Morgan fingerprint density at radius 1 is 1.83 bits per heavy atom. The predicted octanol–water partition coefficient (Wildman–Crippen LogP) is 0.469. The van der Waals surface area contributed by atoms with Gasteiger partial charge in [0.2, 0.25) is 0 Å². The van der Waals surface area contributed by atoms with Crippen molar-refractivity contribution in [2.24, 2.45) is 4.99 Å². The van der Waals surface area contributed by atoms with Gasteiger partial charge in [0.05, 0.1) is 6.61 Å². The van der Waals surface area contributed by atoms with Crippen LogP contribution in [0.5, 0.6) is 0 Å². The summed E-state index contributed by atoms with van der Waals surface area (Å²) < 4.78 is 22.6. The Balaban J connectivity index is 2.05. The van der Waals surface area contributed by atoms with Gasteiger partial charge in [0.1, 0.15) is 24.3 Å². The maximum absolute atomic E-state index is 12.1. The summed E-state index contributed by atoms with van der Waals surface area (Å²) in [6.45, 7) is 1.42. The van der Waals surface area contributed by atoms with Crippen molar-refractivity contribution < 1.29 is 18.7 Å². The summed E-state index contributed by atoms with van der Waals surface area (Å²) in [4.78, 5) is 15.3. The van der Waals surface area contributed by atoms with E-state index in [4.69, 9.17) is 9.47 Å². The van der Waals surface area contributed by atoms with E-state index >= 15 is 0 Å². The van der Waals surface area contributed by atoms with Crippen LogP contribution in [-0.4, -0.2) is 48.5 Å². The van der Waals surface area contributed by atoms with Crippen molar-refractivity contribution in [2.45, 2.75) is 17.9 Å². The molecule has 1 saturated heterocycles. The van der Waals surface area contributed by atoms with Crippen molar-refractivity contribution in [2.75, 3.05) is 26.4 Å². The van der Waals surface area contributed by atoms with Gasteiger partial charge in [-0.2, -0.15) is 0 Å². The lowest BCUT2D eigenvalue weighted by Gasteiger charge is -2.34. The topological polar surface area (TPSA) is 59.9 Å². The molecule has 0 amide bonds. The van der Waals surface area contributed by atoms with Crippen LogP contribution in [0.4, 0.5) is 4.39 Å². The van der Waals surface area contributed by atoms with Crippen LogP contribution in [0.25, 0.3) is 0 Å². The smallest absolute Gasteiger partial charge is 0.302 e. The number of thioether (sulfide) groups is 1. The number of fused-ring (bicyclic) bond motifs is 1. The lowest BCUT2D eigenvalue weighted by atomic mass is 9.94. The molecule has 2 rings (SSSR count). The first-order chi connectivity index (χ1) is 8.66. The second-order valence-corrected chi connectivity index (χ2v) is 4.85. The van der Waals surface area contributed by atoms with Gasteiger partial charge in [-0.05, 0) is 0 Å². The highest BCUT2D eigenvalue weighted by Gasteiger charge is 2.49. The molecule has 18 heavy (non-hydrogen) atoms. The van der Waals surface area contributed by atoms with Gasteiger partial charge in [-0.25, -0.2) is 9.38 Å². The molecule has 4 radical (unpaired) electrons. The number of nitrogens with one attached hydrogen (secondary N) is 1. The number of rotatable bonds is 4. The quantitative estimate of drug-likeness (QED) is 0.754. The summed E-state index contributed by atoms with van der Waals surface area (Å²) in [5.74, 6) is -0.388. The summed E-state index contributed by atoms with van der Waals surface area (Å²) in [7, 11) is 0. The Hall–Kier alpha value is -0.820. The van der Waals surface area contributed by atoms with Crippen LogP contribution in [0.1, 0.15) is 6.92 Å². The third kappa shape index (κ3) is 2.95. The zero-order chi connectivity index (χ0) is 13.0. The first-order valence-electron chi connectivity index (χ1n) is 5.47. The van der Waals surface area contributed by atoms with Gasteiger partial charge in [-0.3, -0.25) is 4.79 Å². The van der Waals surface area contributed by atoms with Crippen LogP contribution in [0, 0.1) is 12.8 Å². The fraction of sp³-hybridized carbons (Fsp3) is 0.636. The summed E-state index contributed by atoms with van der Waals surface area (Å²) in [5, 5.41) is 3.42. The van der Waals surface area contributed by atoms with Crippen molar-refractivity contribution in [1.82, 2.24) is 5.32 Å². The molecule has 0 bridgehead atoms. The van der Waals surface area contributed by atoms with Gasteiger partial charge in [0.25, 0.3) is 0 Å². The van der Waals surface area contributed by atoms with Crippen molar-refractivity contribution in [3.05, 3.63) is 12.8 Å². The average Bonchev–Trinajstić information content (AvgIpc) is 2.72. The first-order valence-corrected chi connectivity index (χ1v) is 6.35. The van der Waals surface area contributed by atoms with Crippen molar-refractivity contribution in [3.63, 3.8) is 0 Å². The number of aliphatic imine (C=N–C) groups is 1. The monoisotopic (exact) mass is 272 g/mol. The molecule has 2 unspecified atom stereocenters. The summed E-state index contributed by atoms with van der Waals surface area (Å²) >= 11 is 1.34. The molecule has 0 aromatic heterocycles. The number of nitrogens with zero attached hydrogens (tertiary/aromatic N) is 1. The maximum atomic E-state index is 12.1. The number of esters is 1. The molecule has 2 atom stereocenters. The third-order valence-electron chi connectivity index (χ3n) is 2.39. The van der Waals surface area contributed by atoms with Crippen LogP contribution >= 0.6 is 11.8 Å². The highest BCUT2D eigenvalue weighted by molar-refractivity contribution is 8.14. The van der Waals surface area contributed by atoms with Gasteiger partial charge in [-0.15, -0.1) is 0 Å². The Morgan fingerprint density at radius 3 is 3.39 bits per heavy atom. The summed E-state index contributed by atoms with van der Waals surface area (Å²) in [6.07, 6.45) is 5.77. The first kappa shape index (κ1) is 13.6. The van der Waals surface area contributed by atoms with Crippen molar-refractivity contribution in [1.29, 1.82) is 0 Å². The molecular formula is C11H13FN2O3S. The number of hydrogen-bond acceptors (Lipinski definition) is 6. The number of amidine groups is 1. The van der Waals surface area contributed by atoms with Crippen LogP contribution in [-0.2, 0) is 14.3 Å². The van der Waals surface area contributed by atoms with E-state index in [0.717, 1.165) is 0 Å². The second kappa shape index (κ2) is 5.88. The molecule has 2 aliphatic rings. The van der Waals surface area contributed by atoms with Gasteiger partial charge >= 0.3 is 5.97 Å². The Kier molecular flexibility index (Phi) is 4.45. The molecule has 2 heterocycles. The van der Waals surface area contributed by atoms with Gasteiger partial charge in [0.15, 0.2) is 5.17 Å². The maximum Gasteiger partial charge on any atom is 0.302 e. The largest absolute Gasteiger partial charge is 0.463 e. The number of alkyl halides is 1. The lowest BCUT2D eigenvalue weighted by Crippen LogP contribution is -2.46. The Morgan fingerprint density at radius 2 is 2.67 bits per heavy atom. The zero-order valence-electron chi connectivity index (χ0n) is 9.86. The van der Waals surface area contributed by atoms with Gasteiger partial charge in [-0.1, -0.05) is 11.8 Å². The van der Waals surface area contributed by atoms with E-state index in [-0.39, 0.29) is 24.6 Å². The van der Waals surface area contributed by atoms with E-state index in [0.29, 0.717) is 11.8 Å². The second-order valence-electron chi connectivity index (χ2n) is 3.80. The van der Waals surface area contributed by atoms with Gasteiger partial charge < -0.3 is 14.8 Å². The molecule has 1 N–H and O–H groups in total. The average molecular weight is 272 g/mol. The van der Waals surface area contributed by atoms with Crippen LogP contribution < -0.4 is 5.32 Å². The fourth-order valence-electron chi connectivity index (χ4n) is 1.61. The number of hydrogen-bond donors (Lipinski definition) is 1. The van der Waals surface area contributed by atoms with Crippen molar-refractivity contribution in [3.8, 4) is 0 Å². The molecule has 5 nitrogen and oxygen atoms in total. The Bertz CT molecular complexity index is 353. The molecule has 2 aliphatic heterocycles. The van der Waals surface area contributed by atoms with E-state index in [1.165, 1.54) is 18.7 Å². The number of carbonyl (C=O) groups is 1. The van der Waals surface area contributed by atoms with E-state index in [9.17, 15) is 9.18 Å². The van der Waals surface area contributed by atoms with Crippen LogP contribution in [0.3, 0.4) is 0 Å². The minimum atomic E-state index is -0.868. The number of ether oxygens (including phenoxy) is 2.